The summed E-state index contributed by atoms with van der Waals surface area (Å²) < 4.78 is 1.63. The topological polar surface area (TPSA) is 46.9 Å². The van der Waals surface area contributed by atoms with Crippen molar-refractivity contribution in [2.45, 2.75) is 18.4 Å². The molecule has 0 unspecified atom stereocenters. The van der Waals surface area contributed by atoms with Crippen LogP contribution in [0.2, 0.25) is 0 Å². The molecule has 0 atom stereocenters. The Morgan fingerprint density at radius 3 is 2.93 bits per heavy atom. The third-order valence-electron chi connectivity index (χ3n) is 2.43. The number of alkyl halides is 1. The van der Waals surface area contributed by atoms with Gasteiger partial charge in [-0.3, -0.25) is 9.48 Å². The van der Waals surface area contributed by atoms with Crippen molar-refractivity contribution >= 4 is 21.8 Å². The predicted molar refractivity (Wildman–Crippen MR) is 56.4 cm³/mol. The minimum absolute atomic E-state index is 0.00535. The summed E-state index contributed by atoms with van der Waals surface area (Å²) in [5.41, 5.74) is 0.481. The molecule has 1 N–H and O–H groups in total. The molecule has 1 aliphatic rings. The molecular weight excluding hydrogens is 246 g/mol. The molecule has 1 aliphatic carbocycles. The van der Waals surface area contributed by atoms with Crippen LogP contribution in [0.1, 0.15) is 23.3 Å². The molecule has 14 heavy (non-hydrogen) atoms. The maximum Gasteiger partial charge on any atom is 0.272 e. The van der Waals surface area contributed by atoms with Crippen molar-refractivity contribution in [3.63, 3.8) is 0 Å². The van der Waals surface area contributed by atoms with Crippen LogP contribution in [0.25, 0.3) is 0 Å². The Hall–Kier alpha value is -0.840. The lowest BCUT2D eigenvalue weighted by atomic mass is 10.3. The first-order valence-electron chi connectivity index (χ1n) is 4.53. The van der Waals surface area contributed by atoms with E-state index in [1.165, 1.54) is 0 Å². The summed E-state index contributed by atoms with van der Waals surface area (Å²) in [7, 11) is 1.80. The molecule has 0 spiro atoms. The monoisotopic (exact) mass is 257 g/mol. The van der Waals surface area contributed by atoms with E-state index in [0.717, 1.165) is 18.2 Å². The van der Waals surface area contributed by atoms with Gasteiger partial charge in [-0.25, -0.2) is 0 Å². The molecule has 1 saturated carbocycles. The van der Waals surface area contributed by atoms with Crippen LogP contribution >= 0.6 is 15.9 Å². The summed E-state index contributed by atoms with van der Waals surface area (Å²) in [6.45, 7) is 0. The van der Waals surface area contributed by atoms with E-state index >= 15 is 0 Å². The van der Waals surface area contributed by atoms with E-state index in [4.69, 9.17) is 0 Å². The Morgan fingerprint density at radius 2 is 2.50 bits per heavy atom. The highest BCUT2D eigenvalue weighted by atomic mass is 79.9. The molecule has 1 heterocycles. The van der Waals surface area contributed by atoms with E-state index in [1.807, 2.05) is 0 Å². The standard InChI is InChI=1S/C9H12BrN3O/c1-13-5-2-7(12-13)8(14)11-9(6-10)3-4-9/h2,5H,3-4,6H2,1H3,(H,11,14). The second-order valence-corrected chi connectivity index (χ2v) is 4.30. The molecule has 4 nitrogen and oxygen atoms in total. The van der Waals surface area contributed by atoms with Crippen LogP contribution in [0.5, 0.6) is 0 Å². The number of aromatic nitrogens is 2. The number of hydrogen-bond acceptors (Lipinski definition) is 2. The fourth-order valence-corrected chi connectivity index (χ4v) is 1.98. The molecule has 0 aliphatic heterocycles. The summed E-state index contributed by atoms with van der Waals surface area (Å²) in [5.74, 6) is -0.0810. The molecule has 0 bridgehead atoms. The van der Waals surface area contributed by atoms with Gasteiger partial charge in [-0.1, -0.05) is 15.9 Å². The van der Waals surface area contributed by atoms with Gasteiger partial charge >= 0.3 is 0 Å². The molecule has 0 radical (unpaired) electrons. The van der Waals surface area contributed by atoms with Gasteiger partial charge in [-0.2, -0.15) is 5.10 Å². The van der Waals surface area contributed by atoms with E-state index in [-0.39, 0.29) is 11.4 Å². The van der Waals surface area contributed by atoms with Gasteiger partial charge in [-0.15, -0.1) is 0 Å². The zero-order valence-electron chi connectivity index (χ0n) is 7.96. The van der Waals surface area contributed by atoms with E-state index < -0.39 is 0 Å². The predicted octanol–water partition coefficient (Wildman–Crippen LogP) is 1.08. The van der Waals surface area contributed by atoms with Gasteiger partial charge in [0.15, 0.2) is 0 Å². The first-order valence-corrected chi connectivity index (χ1v) is 5.65. The first kappa shape index (κ1) is 9.71. The van der Waals surface area contributed by atoms with Crippen LogP contribution in [0.4, 0.5) is 0 Å². The number of hydrogen-bond donors (Lipinski definition) is 1. The van der Waals surface area contributed by atoms with E-state index in [2.05, 4.69) is 26.3 Å². The van der Waals surface area contributed by atoms with Crippen LogP contribution in [0.3, 0.4) is 0 Å². The van der Waals surface area contributed by atoms with Gasteiger partial charge in [0.1, 0.15) is 5.69 Å². The highest BCUT2D eigenvalue weighted by molar-refractivity contribution is 9.09. The van der Waals surface area contributed by atoms with Crippen molar-refractivity contribution in [2.75, 3.05) is 5.33 Å². The second-order valence-electron chi connectivity index (χ2n) is 3.74. The Balaban J connectivity index is 2.03. The third kappa shape index (κ3) is 1.82. The van der Waals surface area contributed by atoms with Gasteiger partial charge in [0.05, 0.1) is 5.54 Å². The van der Waals surface area contributed by atoms with Crippen molar-refractivity contribution < 1.29 is 4.79 Å². The molecule has 1 fully saturated rings. The fourth-order valence-electron chi connectivity index (χ4n) is 1.28. The molecule has 1 aromatic rings. The quantitative estimate of drug-likeness (QED) is 0.824. The number of amides is 1. The number of carbonyl (C=O) groups excluding carboxylic acids is 1. The van der Waals surface area contributed by atoms with Crippen LogP contribution in [-0.4, -0.2) is 26.6 Å². The number of nitrogens with one attached hydrogen (secondary N) is 1. The summed E-state index contributed by atoms with van der Waals surface area (Å²) in [6, 6.07) is 1.72. The van der Waals surface area contributed by atoms with Gasteiger partial charge in [-0.05, 0) is 18.9 Å². The Morgan fingerprint density at radius 1 is 1.79 bits per heavy atom. The van der Waals surface area contributed by atoms with Crippen LogP contribution < -0.4 is 5.32 Å². The summed E-state index contributed by atoms with van der Waals surface area (Å²) in [5, 5.41) is 7.85. The highest BCUT2D eigenvalue weighted by Crippen LogP contribution is 2.37. The second kappa shape index (κ2) is 3.38. The minimum Gasteiger partial charge on any atom is -0.344 e. The lowest BCUT2D eigenvalue weighted by Gasteiger charge is -2.12. The molecule has 2 rings (SSSR count). The molecule has 1 amide bonds. The average molecular weight is 258 g/mol. The molecular formula is C9H12BrN3O. The van der Waals surface area contributed by atoms with Crippen molar-refractivity contribution in [1.82, 2.24) is 15.1 Å². The van der Waals surface area contributed by atoms with Crippen molar-refractivity contribution in [3.05, 3.63) is 18.0 Å². The third-order valence-corrected chi connectivity index (χ3v) is 3.51. The SMILES string of the molecule is Cn1ccc(C(=O)NC2(CBr)CC2)n1. The van der Waals surface area contributed by atoms with Crippen molar-refractivity contribution in [3.8, 4) is 0 Å². The van der Waals surface area contributed by atoms with Gasteiger partial charge < -0.3 is 5.32 Å². The van der Waals surface area contributed by atoms with E-state index in [1.54, 1.807) is 24.0 Å². The highest BCUT2D eigenvalue weighted by Gasteiger charge is 2.43. The largest absolute Gasteiger partial charge is 0.344 e. The average Bonchev–Trinajstić information content (AvgIpc) is 2.80. The smallest absolute Gasteiger partial charge is 0.272 e. The van der Waals surface area contributed by atoms with Gasteiger partial charge in [0, 0.05) is 18.6 Å². The van der Waals surface area contributed by atoms with Gasteiger partial charge in [0.2, 0.25) is 0 Å². The number of rotatable bonds is 3. The molecule has 1 aromatic heterocycles. The summed E-state index contributed by atoms with van der Waals surface area (Å²) in [6.07, 6.45) is 3.87. The molecule has 5 heteroatoms. The molecule has 76 valence electrons. The zero-order chi connectivity index (χ0) is 10.2. The molecule has 0 saturated heterocycles. The normalized spacial score (nSPS) is 17.9. The van der Waals surface area contributed by atoms with Crippen LogP contribution in [-0.2, 0) is 7.05 Å². The van der Waals surface area contributed by atoms with Gasteiger partial charge in [0.25, 0.3) is 5.91 Å². The fraction of sp³-hybridized carbons (Fsp3) is 0.556. The lowest BCUT2D eigenvalue weighted by molar-refractivity contribution is 0.0930. The first-order chi connectivity index (χ1) is 6.65. The van der Waals surface area contributed by atoms with Crippen LogP contribution in [0, 0.1) is 0 Å². The Bertz CT molecular complexity index is 357. The number of halogens is 1. The Labute approximate surface area is 90.8 Å². The summed E-state index contributed by atoms with van der Waals surface area (Å²) >= 11 is 3.40. The van der Waals surface area contributed by atoms with E-state index in [0.29, 0.717) is 5.69 Å². The van der Waals surface area contributed by atoms with Crippen molar-refractivity contribution in [2.24, 2.45) is 7.05 Å². The maximum atomic E-state index is 11.7. The number of aryl methyl sites for hydroxylation is 1. The molecule has 0 aromatic carbocycles. The number of carbonyl (C=O) groups is 1. The number of nitrogens with zero attached hydrogens (tertiary/aromatic N) is 2. The Kier molecular flexibility index (Phi) is 2.34. The minimum atomic E-state index is -0.0810. The lowest BCUT2D eigenvalue weighted by Crippen LogP contribution is -2.38. The maximum absolute atomic E-state index is 11.7. The summed E-state index contributed by atoms with van der Waals surface area (Å²) in [4.78, 5) is 11.7. The van der Waals surface area contributed by atoms with E-state index in [9.17, 15) is 4.79 Å². The zero-order valence-corrected chi connectivity index (χ0v) is 9.54. The van der Waals surface area contributed by atoms with Crippen LogP contribution in [0.15, 0.2) is 12.3 Å². The van der Waals surface area contributed by atoms with Crippen molar-refractivity contribution in [1.29, 1.82) is 0 Å².